The lowest BCUT2D eigenvalue weighted by molar-refractivity contribution is 0.0921. The maximum absolute atomic E-state index is 12.4. The quantitative estimate of drug-likeness (QED) is 0.780. The smallest absolute Gasteiger partial charge is 0.180 e. The summed E-state index contributed by atoms with van der Waals surface area (Å²) in [6.45, 7) is 2.60. The normalized spacial score (nSPS) is 17.5. The molecular formula is C16H23NO2. The third-order valence-corrected chi connectivity index (χ3v) is 3.72. The first-order chi connectivity index (χ1) is 9.31. The molecule has 0 spiro atoms. The molecule has 104 valence electrons. The highest BCUT2D eigenvalue weighted by molar-refractivity contribution is 6.00. The van der Waals surface area contributed by atoms with Crippen molar-refractivity contribution in [2.75, 3.05) is 26.7 Å². The van der Waals surface area contributed by atoms with Crippen LogP contribution in [0, 0.1) is 0 Å². The van der Waals surface area contributed by atoms with Gasteiger partial charge in [0, 0.05) is 0 Å². The number of hydrogen-bond acceptors (Lipinski definition) is 3. The fourth-order valence-electron chi connectivity index (χ4n) is 2.63. The lowest BCUT2D eigenvalue weighted by atomic mass is 10.1. The van der Waals surface area contributed by atoms with E-state index >= 15 is 0 Å². The molecule has 19 heavy (non-hydrogen) atoms. The molecule has 1 saturated heterocycles. The third-order valence-electron chi connectivity index (χ3n) is 3.72. The highest BCUT2D eigenvalue weighted by Gasteiger charge is 2.16. The average molecular weight is 261 g/mol. The summed E-state index contributed by atoms with van der Waals surface area (Å²) in [5.74, 6) is 0.845. The van der Waals surface area contributed by atoms with Crippen LogP contribution in [0.1, 0.15) is 42.5 Å². The zero-order chi connectivity index (χ0) is 13.5. The van der Waals surface area contributed by atoms with Gasteiger partial charge in [-0.2, -0.15) is 0 Å². The number of nitrogens with zero attached hydrogens (tertiary/aromatic N) is 1. The van der Waals surface area contributed by atoms with Gasteiger partial charge in [-0.05, 0) is 38.1 Å². The number of para-hydroxylation sites is 1. The van der Waals surface area contributed by atoms with E-state index in [2.05, 4.69) is 4.90 Å². The minimum Gasteiger partial charge on any atom is -0.496 e. The Balaban J connectivity index is 1.99. The lowest BCUT2D eigenvalue weighted by Gasteiger charge is -2.23. The molecule has 3 heteroatoms. The molecule has 0 bridgehead atoms. The van der Waals surface area contributed by atoms with Gasteiger partial charge in [-0.25, -0.2) is 0 Å². The van der Waals surface area contributed by atoms with Crippen LogP contribution in [0.4, 0.5) is 0 Å². The molecule has 0 N–H and O–H groups in total. The van der Waals surface area contributed by atoms with Gasteiger partial charge in [-0.1, -0.05) is 31.4 Å². The summed E-state index contributed by atoms with van der Waals surface area (Å²) >= 11 is 0. The molecule has 0 amide bonds. The van der Waals surface area contributed by atoms with E-state index in [9.17, 15) is 4.79 Å². The summed E-state index contributed by atoms with van der Waals surface area (Å²) in [7, 11) is 1.61. The van der Waals surface area contributed by atoms with Crippen LogP contribution in [0.5, 0.6) is 5.75 Å². The van der Waals surface area contributed by atoms with Crippen molar-refractivity contribution < 1.29 is 9.53 Å². The minimum absolute atomic E-state index is 0.165. The monoisotopic (exact) mass is 261 g/mol. The van der Waals surface area contributed by atoms with Crippen molar-refractivity contribution in [3.63, 3.8) is 0 Å². The molecule has 1 aromatic rings. The van der Waals surface area contributed by atoms with Crippen molar-refractivity contribution >= 4 is 5.78 Å². The number of Topliss-reactive ketones (excluding diaryl/α,β-unsaturated/α-hetero) is 1. The van der Waals surface area contributed by atoms with E-state index in [4.69, 9.17) is 4.74 Å². The SMILES string of the molecule is COc1ccccc1C(=O)CN1CCCCCCC1. The Morgan fingerprint density at radius 1 is 1.11 bits per heavy atom. The zero-order valence-electron chi connectivity index (χ0n) is 11.7. The van der Waals surface area contributed by atoms with Crippen molar-refractivity contribution in [3.8, 4) is 5.75 Å². The highest BCUT2D eigenvalue weighted by Crippen LogP contribution is 2.19. The van der Waals surface area contributed by atoms with Crippen molar-refractivity contribution in [1.82, 2.24) is 4.90 Å². The topological polar surface area (TPSA) is 29.5 Å². The molecule has 3 nitrogen and oxygen atoms in total. The minimum atomic E-state index is 0.165. The van der Waals surface area contributed by atoms with Crippen LogP contribution in [-0.2, 0) is 0 Å². The van der Waals surface area contributed by atoms with Gasteiger partial charge in [0.2, 0.25) is 0 Å². The number of methoxy groups -OCH3 is 1. The molecule has 1 fully saturated rings. The number of ether oxygens (including phenoxy) is 1. The Hall–Kier alpha value is -1.35. The average Bonchev–Trinajstić information content (AvgIpc) is 2.41. The first kappa shape index (κ1) is 14.1. The summed E-state index contributed by atoms with van der Waals surface area (Å²) in [6.07, 6.45) is 6.34. The maximum atomic E-state index is 12.4. The predicted molar refractivity (Wildman–Crippen MR) is 76.8 cm³/mol. The van der Waals surface area contributed by atoms with E-state index in [1.165, 1.54) is 32.1 Å². The molecule has 0 unspecified atom stereocenters. The summed E-state index contributed by atoms with van der Waals surface area (Å²) in [6, 6.07) is 7.49. The van der Waals surface area contributed by atoms with Crippen LogP contribution in [0.15, 0.2) is 24.3 Å². The van der Waals surface area contributed by atoms with Gasteiger partial charge in [-0.3, -0.25) is 9.69 Å². The largest absolute Gasteiger partial charge is 0.496 e. The molecule has 1 aliphatic heterocycles. The van der Waals surface area contributed by atoms with Gasteiger partial charge in [0.1, 0.15) is 5.75 Å². The molecule has 0 saturated carbocycles. The van der Waals surface area contributed by atoms with E-state index < -0.39 is 0 Å². The van der Waals surface area contributed by atoms with Gasteiger partial charge in [0.25, 0.3) is 0 Å². The van der Waals surface area contributed by atoms with Crippen LogP contribution in [0.3, 0.4) is 0 Å². The Morgan fingerprint density at radius 2 is 1.74 bits per heavy atom. The third kappa shape index (κ3) is 4.06. The molecule has 2 rings (SSSR count). The van der Waals surface area contributed by atoms with Gasteiger partial charge >= 0.3 is 0 Å². The van der Waals surface area contributed by atoms with Crippen LogP contribution in [0.2, 0.25) is 0 Å². The van der Waals surface area contributed by atoms with Crippen LogP contribution < -0.4 is 4.74 Å². The molecule has 0 radical (unpaired) electrons. The fourth-order valence-corrected chi connectivity index (χ4v) is 2.63. The Labute approximate surface area is 115 Å². The summed E-state index contributed by atoms with van der Waals surface area (Å²) in [5, 5.41) is 0. The fraction of sp³-hybridized carbons (Fsp3) is 0.562. The molecular weight excluding hydrogens is 238 g/mol. The Bertz CT molecular complexity index is 409. The standard InChI is InChI=1S/C16H23NO2/c1-19-16-10-6-5-9-14(16)15(18)13-17-11-7-3-2-4-8-12-17/h5-6,9-10H,2-4,7-8,11-13H2,1H3. The Morgan fingerprint density at radius 3 is 2.42 bits per heavy atom. The lowest BCUT2D eigenvalue weighted by Crippen LogP contribution is -2.32. The second-order valence-electron chi connectivity index (χ2n) is 5.17. The molecule has 1 heterocycles. The maximum Gasteiger partial charge on any atom is 0.180 e. The number of rotatable bonds is 4. The first-order valence-electron chi connectivity index (χ1n) is 7.20. The molecule has 1 aliphatic rings. The van der Waals surface area contributed by atoms with E-state index in [0.717, 1.165) is 13.1 Å². The number of benzene rings is 1. The summed E-state index contributed by atoms with van der Waals surface area (Å²) < 4.78 is 5.26. The van der Waals surface area contributed by atoms with Crippen molar-refractivity contribution in [2.24, 2.45) is 0 Å². The summed E-state index contributed by atoms with van der Waals surface area (Å²) in [5.41, 5.74) is 0.701. The number of carbonyl (C=O) groups is 1. The number of likely N-dealkylation sites (tertiary alicyclic amines) is 1. The highest BCUT2D eigenvalue weighted by atomic mass is 16.5. The van der Waals surface area contributed by atoms with Gasteiger partial charge in [0.05, 0.1) is 19.2 Å². The van der Waals surface area contributed by atoms with Crippen molar-refractivity contribution in [1.29, 1.82) is 0 Å². The Kier molecular flexibility index (Phi) is 5.40. The van der Waals surface area contributed by atoms with Crippen LogP contribution >= 0.6 is 0 Å². The predicted octanol–water partition coefficient (Wildman–Crippen LogP) is 3.14. The van der Waals surface area contributed by atoms with E-state index in [1.807, 2.05) is 24.3 Å². The van der Waals surface area contributed by atoms with E-state index in [-0.39, 0.29) is 5.78 Å². The van der Waals surface area contributed by atoms with Gasteiger partial charge in [0.15, 0.2) is 5.78 Å². The van der Waals surface area contributed by atoms with Crippen molar-refractivity contribution in [2.45, 2.75) is 32.1 Å². The van der Waals surface area contributed by atoms with Gasteiger partial charge < -0.3 is 4.74 Å². The second-order valence-corrected chi connectivity index (χ2v) is 5.17. The number of carbonyl (C=O) groups excluding carboxylic acids is 1. The van der Waals surface area contributed by atoms with Crippen LogP contribution in [-0.4, -0.2) is 37.4 Å². The first-order valence-corrected chi connectivity index (χ1v) is 7.20. The molecule has 1 aromatic carbocycles. The molecule has 0 atom stereocenters. The zero-order valence-corrected chi connectivity index (χ0v) is 11.7. The van der Waals surface area contributed by atoms with Crippen LogP contribution in [0.25, 0.3) is 0 Å². The molecule has 0 aliphatic carbocycles. The van der Waals surface area contributed by atoms with Crippen molar-refractivity contribution in [3.05, 3.63) is 29.8 Å². The molecule has 0 aromatic heterocycles. The summed E-state index contributed by atoms with van der Waals surface area (Å²) in [4.78, 5) is 14.7. The number of hydrogen-bond donors (Lipinski definition) is 0. The second kappa shape index (κ2) is 7.29. The van der Waals surface area contributed by atoms with Gasteiger partial charge in [-0.15, -0.1) is 0 Å². The van der Waals surface area contributed by atoms with E-state index in [1.54, 1.807) is 7.11 Å². The number of ketones is 1. The van der Waals surface area contributed by atoms with E-state index in [0.29, 0.717) is 17.9 Å².